The highest BCUT2D eigenvalue weighted by Gasteiger charge is 2.29. The van der Waals surface area contributed by atoms with Crippen LogP contribution in [0.2, 0.25) is 0 Å². The van der Waals surface area contributed by atoms with Crippen molar-refractivity contribution in [2.75, 3.05) is 5.75 Å². The van der Waals surface area contributed by atoms with Crippen molar-refractivity contribution in [3.8, 4) is 0 Å². The van der Waals surface area contributed by atoms with Crippen molar-refractivity contribution in [1.82, 2.24) is 9.55 Å². The Morgan fingerprint density at radius 2 is 2.38 bits per heavy atom. The molecule has 1 aliphatic rings. The first-order valence-corrected chi connectivity index (χ1v) is 6.45. The van der Waals surface area contributed by atoms with Crippen molar-refractivity contribution in [3.05, 3.63) is 11.9 Å². The molecule has 1 aromatic rings. The van der Waals surface area contributed by atoms with E-state index in [0.29, 0.717) is 6.04 Å². The molecular formula is C11H16N2O2S. The third kappa shape index (κ3) is 2.24. The van der Waals surface area contributed by atoms with Gasteiger partial charge in [0.15, 0.2) is 5.16 Å². The zero-order valence-corrected chi connectivity index (χ0v) is 10.3. The molecule has 4 nitrogen and oxygen atoms in total. The molecule has 0 aromatic carbocycles. The fourth-order valence-electron chi connectivity index (χ4n) is 2.17. The van der Waals surface area contributed by atoms with E-state index >= 15 is 0 Å². The smallest absolute Gasteiger partial charge is 0.313 e. The monoisotopic (exact) mass is 240 g/mol. The third-order valence-electron chi connectivity index (χ3n) is 2.99. The number of thioether (sulfide) groups is 1. The van der Waals surface area contributed by atoms with Crippen LogP contribution in [-0.4, -0.2) is 26.4 Å². The van der Waals surface area contributed by atoms with E-state index in [1.54, 1.807) is 0 Å². The molecule has 0 radical (unpaired) electrons. The second-order valence-electron chi connectivity index (χ2n) is 4.46. The van der Waals surface area contributed by atoms with Gasteiger partial charge in [0.2, 0.25) is 0 Å². The minimum atomic E-state index is -0.792. The number of imidazole rings is 1. The molecule has 0 amide bonds. The van der Waals surface area contributed by atoms with E-state index in [1.165, 1.54) is 24.6 Å². The molecule has 0 atom stereocenters. The minimum Gasteiger partial charge on any atom is -0.481 e. The van der Waals surface area contributed by atoms with E-state index in [2.05, 4.69) is 16.5 Å². The zero-order valence-electron chi connectivity index (χ0n) is 9.51. The molecule has 5 heteroatoms. The van der Waals surface area contributed by atoms with E-state index < -0.39 is 5.97 Å². The topological polar surface area (TPSA) is 55.1 Å². The molecule has 1 aromatic heterocycles. The summed E-state index contributed by atoms with van der Waals surface area (Å²) in [6.45, 7) is 4.27. The summed E-state index contributed by atoms with van der Waals surface area (Å²) in [6.07, 6.45) is 4.18. The summed E-state index contributed by atoms with van der Waals surface area (Å²) in [5.41, 5.74) is 1.13. The Balaban J connectivity index is 2.10. The summed E-state index contributed by atoms with van der Waals surface area (Å²) in [6, 6.07) is 0.522. The number of rotatable bonds is 4. The molecule has 1 N–H and O–H groups in total. The van der Waals surface area contributed by atoms with E-state index in [1.807, 2.05) is 13.1 Å². The predicted octanol–water partition coefficient (Wildman–Crippen LogP) is 2.34. The van der Waals surface area contributed by atoms with Crippen LogP contribution in [0.5, 0.6) is 0 Å². The average Bonchev–Trinajstić information content (AvgIpc) is 2.52. The van der Waals surface area contributed by atoms with E-state index in [0.717, 1.165) is 16.8 Å². The van der Waals surface area contributed by atoms with Gasteiger partial charge in [-0.15, -0.1) is 0 Å². The van der Waals surface area contributed by atoms with E-state index in [-0.39, 0.29) is 5.75 Å². The highest BCUT2D eigenvalue weighted by molar-refractivity contribution is 7.99. The van der Waals surface area contributed by atoms with Gasteiger partial charge in [-0.1, -0.05) is 18.7 Å². The molecule has 0 spiro atoms. The maximum absolute atomic E-state index is 10.5. The van der Waals surface area contributed by atoms with Crippen LogP contribution in [0, 0.1) is 12.8 Å². The first-order valence-electron chi connectivity index (χ1n) is 5.46. The number of carboxylic acids is 1. The highest BCUT2D eigenvalue weighted by atomic mass is 32.2. The van der Waals surface area contributed by atoms with E-state index in [9.17, 15) is 4.79 Å². The maximum Gasteiger partial charge on any atom is 0.313 e. The van der Waals surface area contributed by atoms with Crippen LogP contribution in [0.3, 0.4) is 0 Å². The summed E-state index contributed by atoms with van der Waals surface area (Å²) in [7, 11) is 0. The number of nitrogens with zero attached hydrogens (tertiary/aromatic N) is 2. The van der Waals surface area contributed by atoms with Crippen LogP contribution in [0.1, 0.15) is 31.5 Å². The fourth-order valence-corrected chi connectivity index (χ4v) is 2.98. The zero-order chi connectivity index (χ0) is 11.7. The Kier molecular flexibility index (Phi) is 3.23. The maximum atomic E-state index is 10.5. The Bertz CT molecular complexity index is 397. The number of aromatic nitrogens is 2. The van der Waals surface area contributed by atoms with Crippen LogP contribution < -0.4 is 0 Å². The van der Waals surface area contributed by atoms with Gasteiger partial charge in [-0.2, -0.15) is 0 Å². The van der Waals surface area contributed by atoms with Crippen molar-refractivity contribution in [3.63, 3.8) is 0 Å². The lowest BCUT2D eigenvalue weighted by Gasteiger charge is -2.35. The van der Waals surface area contributed by atoms with Crippen LogP contribution in [-0.2, 0) is 4.79 Å². The van der Waals surface area contributed by atoms with Crippen LogP contribution in [0.25, 0.3) is 0 Å². The molecule has 1 saturated carbocycles. The van der Waals surface area contributed by atoms with Crippen molar-refractivity contribution in [1.29, 1.82) is 0 Å². The predicted molar refractivity (Wildman–Crippen MR) is 62.8 cm³/mol. The van der Waals surface area contributed by atoms with Crippen molar-refractivity contribution >= 4 is 17.7 Å². The van der Waals surface area contributed by atoms with Gasteiger partial charge in [0.1, 0.15) is 0 Å². The van der Waals surface area contributed by atoms with Crippen LogP contribution >= 0.6 is 11.8 Å². The number of carbonyl (C=O) groups is 1. The third-order valence-corrected chi connectivity index (χ3v) is 3.94. The Labute approximate surface area is 99.1 Å². The average molecular weight is 240 g/mol. The molecule has 1 heterocycles. The van der Waals surface area contributed by atoms with Crippen molar-refractivity contribution in [2.24, 2.45) is 5.92 Å². The number of aryl methyl sites for hydroxylation is 1. The molecular weight excluding hydrogens is 224 g/mol. The molecule has 16 heavy (non-hydrogen) atoms. The van der Waals surface area contributed by atoms with Gasteiger partial charge in [-0.3, -0.25) is 4.79 Å². The van der Waals surface area contributed by atoms with Gasteiger partial charge in [-0.05, 0) is 25.7 Å². The molecule has 88 valence electrons. The fraction of sp³-hybridized carbons (Fsp3) is 0.636. The van der Waals surface area contributed by atoms with Gasteiger partial charge in [-0.25, -0.2) is 4.98 Å². The summed E-state index contributed by atoms with van der Waals surface area (Å²) in [5.74, 6) is 0.0712. The Hall–Kier alpha value is -0.970. The molecule has 0 bridgehead atoms. The van der Waals surface area contributed by atoms with E-state index in [4.69, 9.17) is 5.11 Å². The van der Waals surface area contributed by atoms with Gasteiger partial charge in [0.05, 0.1) is 5.75 Å². The molecule has 2 rings (SSSR count). The second-order valence-corrected chi connectivity index (χ2v) is 5.41. The number of hydrogen-bond acceptors (Lipinski definition) is 3. The van der Waals surface area contributed by atoms with Gasteiger partial charge in [0, 0.05) is 17.9 Å². The standard InChI is InChI=1S/C11H16N2O2S/c1-7-3-9(4-7)13-8(2)5-12-11(13)16-6-10(14)15/h5,7,9H,3-4,6H2,1-2H3,(H,14,15). The van der Waals surface area contributed by atoms with Gasteiger partial charge >= 0.3 is 5.97 Å². The van der Waals surface area contributed by atoms with Crippen molar-refractivity contribution < 1.29 is 9.90 Å². The number of hydrogen-bond donors (Lipinski definition) is 1. The van der Waals surface area contributed by atoms with Crippen LogP contribution in [0.15, 0.2) is 11.4 Å². The number of carboxylic acid groups (broad SMARTS) is 1. The first-order chi connectivity index (χ1) is 7.58. The Morgan fingerprint density at radius 1 is 1.69 bits per heavy atom. The molecule has 0 aliphatic heterocycles. The summed E-state index contributed by atoms with van der Waals surface area (Å²) < 4.78 is 2.19. The van der Waals surface area contributed by atoms with Crippen molar-refractivity contribution in [2.45, 2.75) is 37.9 Å². The summed E-state index contributed by atoms with van der Waals surface area (Å²) in [4.78, 5) is 14.8. The molecule has 0 unspecified atom stereocenters. The van der Waals surface area contributed by atoms with Gasteiger partial charge in [0.25, 0.3) is 0 Å². The Morgan fingerprint density at radius 3 is 2.94 bits per heavy atom. The highest BCUT2D eigenvalue weighted by Crippen LogP contribution is 2.40. The lowest BCUT2D eigenvalue weighted by molar-refractivity contribution is -0.133. The quantitative estimate of drug-likeness (QED) is 0.821. The normalized spacial score (nSPS) is 24.1. The second kappa shape index (κ2) is 4.49. The first kappa shape index (κ1) is 11.5. The summed E-state index contributed by atoms with van der Waals surface area (Å²) >= 11 is 1.31. The number of aliphatic carboxylic acids is 1. The largest absolute Gasteiger partial charge is 0.481 e. The molecule has 1 aliphatic carbocycles. The summed E-state index contributed by atoms with van der Waals surface area (Å²) in [5, 5.41) is 9.51. The van der Waals surface area contributed by atoms with Crippen LogP contribution in [0.4, 0.5) is 0 Å². The SMILES string of the molecule is Cc1cnc(SCC(=O)O)n1C1CC(C)C1. The minimum absolute atomic E-state index is 0.0821. The van der Waals surface area contributed by atoms with Gasteiger partial charge < -0.3 is 9.67 Å². The molecule has 1 fully saturated rings. The molecule has 0 saturated heterocycles. The lowest BCUT2D eigenvalue weighted by atomic mass is 9.81. The lowest BCUT2D eigenvalue weighted by Crippen LogP contribution is -2.26.